The Morgan fingerprint density at radius 2 is 1.40 bits per heavy atom. The third kappa shape index (κ3) is 5.12. The summed E-state index contributed by atoms with van der Waals surface area (Å²) in [7, 11) is 2.95. The van der Waals surface area contributed by atoms with Gasteiger partial charge in [0.05, 0.1) is 13.2 Å². The second-order valence-electron chi connectivity index (χ2n) is 8.67. The van der Waals surface area contributed by atoms with Gasteiger partial charge >= 0.3 is 0 Å². The fourth-order valence-corrected chi connectivity index (χ4v) is 4.87. The summed E-state index contributed by atoms with van der Waals surface area (Å²) < 4.78 is 58.7. The molecule has 0 saturated carbocycles. The maximum atomic E-state index is 10.7. The van der Waals surface area contributed by atoms with Crippen LogP contribution in [0.2, 0.25) is 0 Å². The molecule has 0 aromatic heterocycles. The Bertz CT molecular complexity index is 798. The Kier molecular flexibility index (Phi) is 8.29. The minimum absolute atomic E-state index is 0.214. The summed E-state index contributed by atoms with van der Waals surface area (Å²) in [6, 6.07) is 9.57. The first-order chi connectivity index (χ1) is 17.1. The van der Waals surface area contributed by atoms with Gasteiger partial charge < -0.3 is 57.6 Å². The van der Waals surface area contributed by atoms with Gasteiger partial charge in [-0.1, -0.05) is 30.3 Å². The average molecular weight is 500 g/mol. The average Bonchev–Trinajstić information content (AvgIpc) is 2.91. The molecule has 0 spiro atoms. The second kappa shape index (κ2) is 11.4. The SMILES string of the molecule is CO[C@H]1O[C@@H]2CO[C@@H](c3ccccc3)O[C@H]2[C@@H]2OCO[C@H]3[C@H](O)[C@@H](CO)O[C@H](OC)[C@@H]3OCO[C@@H]12. The molecule has 4 aliphatic heterocycles. The van der Waals surface area contributed by atoms with Crippen LogP contribution in [-0.2, 0) is 47.4 Å². The minimum Gasteiger partial charge on any atom is -0.394 e. The van der Waals surface area contributed by atoms with E-state index in [0.717, 1.165) is 5.56 Å². The van der Waals surface area contributed by atoms with Crippen LogP contribution in [0.25, 0.3) is 0 Å². The van der Waals surface area contributed by atoms with Gasteiger partial charge in [-0.05, 0) is 0 Å². The van der Waals surface area contributed by atoms with E-state index in [1.165, 1.54) is 14.2 Å². The molecule has 196 valence electrons. The smallest absolute Gasteiger partial charge is 0.186 e. The van der Waals surface area contributed by atoms with Gasteiger partial charge in [0.1, 0.15) is 62.4 Å². The molecule has 35 heavy (non-hydrogen) atoms. The molecule has 4 saturated heterocycles. The van der Waals surface area contributed by atoms with Crippen molar-refractivity contribution in [3.63, 3.8) is 0 Å². The second-order valence-corrected chi connectivity index (χ2v) is 8.67. The molecular formula is C23H32O12. The fraction of sp³-hybridized carbons (Fsp3) is 0.739. The number of ether oxygens (including phenoxy) is 10. The van der Waals surface area contributed by atoms with E-state index in [1.54, 1.807) is 0 Å². The summed E-state index contributed by atoms with van der Waals surface area (Å²) in [6.45, 7) is -0.585. The maximum Gasteiger partial charge on any atom is 0.186 e. The standard InChI is InChI=1S/C23H32O12/c1-26-22-19-17(15(25)13(8-24)33-22)29-10-30-18-16-14(34-23(27-2)20(18)32-11-31-19)9-28-21(35-16)12-6-4-3-5-7-12/h3-7,13-25H,8-11H2,1-2H3/t13-,14-,15-,16-,17+,18+,19-,20-,21-,22+,23+/m1/s1. The molecule has 0 bridgehead atoms. The lowest BCUT2D eigenvalue weighted by molar-refractivity contribution is -0.394. The molecule has 5 rings (SSSR count). The number of hydrogen-bond acceptors (Lipinski definition) is 12. The van der Waals surface area contributed by atoms with Gasteiger partial charge in [0.15, 0.2) is 18.9 Å². The summed E-state index contributed by atoms with van der Waals surface area (Å²) in [5.41, 5.74) is 0.866. The van der Waals surface area contributed by atoms with Crippen LogP contribution in [-0.4, -0.2) is 113 Å². The largest absolute Gasteiger partial charge is 0.394 e. The van der Waals surface area contributed by atoms with E-state index in [4.69, 9.17) is 47.4 Å². The molecule has 12 nitrogen and oxygen atoms in total. The zero-order valence-corrected chi connectivity index (χ0v) is 19.5. The normalized spacial score (nSPS) is 44.5. The van der Waals surface area contributed by atoms with E-state index in [0.29, 0.717) is 0 Å². The van der Waals surface area contributed by atoms with Gasteiger partial charge in [-0.25, -0.2) is 0 Å². The quantitative estimate of drug-likeness (QED) is 0.561. The molecular weight excluding hydrogens is 468 g/mol. The van der Waals surface area contributed by atoms with Crippen LogP contribution in [0, 0.1) is 0 Å². The molecule has 0 aliphatic carbocycles. The number of benzene rings is 1. The Hall–Kier alpha value is -1.26. The van der Waals surface area contributed by atoms with E-state index in [-0.39, 0.29) is 20.2 Å². The molecule has 4 fully saturated rings. The van der Waals surface area contributed by atoms with Crippen LogP contribution in [0.3, 0.4) is 0 Å². The third-order valence-electron chi connectivity index (χ3n) is 6.66. The summed E-state index contributed by atoms with van der Waals surface area (Å²) in [5.74, 6) is 0. The topological polar surface area (TPSA) is 133 Å². The van der Waals surface area contributed by atoms with E-state index in [2.05, 4.69) is 0 Å². The Labute approximate surface area is 202 Å². The third-order valence-corrected chi connectivity index (χ3v) is 6.66. The van der Waals surface area contributed by atoms with Crippen LogP contribution in [0.5, 0.6) is 0 Å². The number of aliphatic hydroxyl groups excluding tert-OH is 2. The molecule has 1 aromatic rings. The van der Waals surface area contributed by atoms with Crippen molar-refractivity contribution < 1.29 is 57.6 Å². The molecule has 1 aromatic carbocycles. The summed E-state index contributed by atoms with van der Waals surface area (Å²) in [5, 5.41) is 20.3. The van der Waals surface area contributed by atoms with Gasteiger partial charge in [0, 0.05) is 19.8 Å². The fourth-order valence-electron chi connectivity index (χ4n) is 4.87. The molecule has 0 unspecified atom stereocenters. The van der Waals surface area contributed by atoms with Crippen LogP contribution in [0.1, 0.15) is 11.9 Å². The molecule has 2 N–H and O–H groups in total. The first-order valence-electron chi connectivity index (χ1n) is 11.6. The number of rotatable bonds is 4. The van der Waals surface area contributed by atoms with Gasteiger partial charge in [0.25, 0.3) is 0 Å². The Morgan fingerprint density at radius 3 is 2.09 bits per heavy atom. The van der Waals surface area contributed by atoms with Crippen molar-refractivity contribution >= 4 is 0 Å². The van der Waals surface area contributed by atoms with Crippen molar-refractivity contribution in [3.05, 3.63) is 35.9 Å². The Morgan fingerprint density at radius 1 is 0.771 bits per heavy atom. The van der Waals surface area contributed by atoms with E-state index in [1.807, 2.05) is 30.3 Å². The lowest BCUT2D eigenvalue weighted by atomic mass is 9.97. The first kappa shape index (κ1) is 25.4. The van der Waals surface area contributed by atoms with Crippen molar-refractivity contribution in [2.45, 2.75) is 67.7 Å². The van der Waals surface area contributed by atoms with Gasteiger partial charge in [-0.15, -0.1) is 0 Å². The van der Waals surface area contributed by atoms with Crippen LogP contribution >= 0.6 is 0 Å². The zero-order chi connectivity index (χ0) is 24.4. The monoisotopic (exact) mass is 500 g/mol. The van der Waals surface area contributed by atoms with Gasteiger partial charge in [0.2, 0.25) is 0 Å². The number of methoxy groups -OCH3 is 2. The number of hydrogen-bond donors (Lipinski definition) is 2. The van der Waals surface area contributed by atoms with Crippen molar-refractivity contribution in [1.82, 2.24) is 0 Å². The highest BCUT2D eigenvalue weighted by Crippen LogP contribution is 2.37. The van der Waals surface area contributed by atoms with Gasteiger partial charge in [-0.3, -0.25) is 0 Å². The van der Waals surface area contributed by atoms with Gasteiger partial charge in [-0.2, -0.15) is 0 Å². The predicted octanol–water partition coefficient (Wildman–Crippen LogP) is -0.334. The lowest BCUT2D eigenvalue weighted by Gasteiger charge is -2.49. The lowest BCUT2D eigenvalue weighted by Crippen LogP contribution is -2.65. The molecule has 11 atom stereocenters. The summed E-state index contributed by atoms with van der Waals surface area (Å²) in [4.78, 5) is 0. The number of aliphatic hydroxyl groups is 2. The minimum atomic E-state index is -1.17. The van der Waals surface area contributed by atoms with E-state index >= 15 is 0 Å². The highest BCUT2D eigenvalue weighted by Gasteiger charge is 2.53. The molecule has 4 aliphatic rings. The van der Waals surface area contributed by atoms with Crippen LogP contribution in [0.4, 0.5) is 0 Å². The van der Waals surface area contributed by atoms with Crippen LogP contribution in [0.15, 0.2) is 30.3 Å². The molecule has 4 heterocycles. The van der Waals surface area contributed by atoms with E-state index in [9.17, 15) is 10.2 Å². The van der Waals surface area contributed by atoms with Crippen molar-refractivity contribution in [2.75, 3.05) is 41.0 Å². The van der Waals surface area contributed by atoms with E-state index < -0.39 is 74.3 Å². The first-order valence-corrected chi connectivity index (χ1v) is 11.6. The van der Waals surface area contributed by atoms with Crippen LogP contribution < -0.4 is 0 Å². The Balaban J connectivity index is 1.35. The predicted molar refractivity (Wildman–Crippen MR) is 114 cm³/mol. The maximum absolute atomic E-state index is 10.7. The molecule has 12 heteroatoms. The summed E-state index contributed by atoms with van der Waals surface area (Å²) in [6.07, 6.45) is -8.47. The number of fused-ring (bicyclic) bond motifs is 4. The zero-order valence-electron chi connectivity index (χ0n) is 19.5. The van der Waals surface area contributed by atoms with Crippen molar-refractivity contribution in [1.29, 1.82) is 0 Å². The highest BCUT2D eigenvalue weighted by molar-refractivity contribution is 5.16. The summed E-state index contributed by atoms with van der Waals surface area (Å²) >= 11 is 0. The van der Waals surface area contributed by atoms with Crippen molar-refractivity contribution in [2.24, 2.45) is 0 Å². The molecule has 0 amide bonds. The molecule has 0 radical (unpaired) electrons. The highest BCUT2D eigenvalue weighted by atomic mass is 16.8. The van der Waals surface area contributed by atoms with Crippen molar-refractivity contribution in [3.8, 4) is 0 Å².